The van der Waals surface area contributed by atoms with Gasteiger partial charge in [0.05, 0.1) is 17.6 Å². The topological polar surface area (TPSA) is 76.0 Å². The molecule has 3 aromatic carbocycles. The Morgan fingerprint density at radius 1 is 0.906 bits per heavy atom. The molecular weight excluding hydrogens is 400 g/mol. The molecule has 6 heteroatoms. The fourth-order valence-electron chi connectivity index (χ4n) is 3.81. The Hall–Kier alpha value is -3.93. The van der Waals surface area contributed by atoms with Crippen LogP contribution in [0.25, 0.3) is 11.0 Å². The first-order valence-electron chi connectivity index (χ1n) is 10.6. The molecule has 0 aliphatic rings. The van der Waals surface area contributed by atoms with E-state index in [1.54, 1.807) is 6.07 Å². The molecule has 0 radical (unpaired) electrons. The number of carbonyl (C=O) groups is 2. The number of fused-ring (bicyclic) bond motifs is 1. The second-order valence-corrected chi connectivity index (χ2v) is 7.97. The number of anilines is 1. The third-order valence-electron chi connectivity index (χ3n) is 5.49. The van der Waals surface area contributed by atoms with Crippen LogP contribution in [0.15, 0.2) is 66.7 Å². The first-order valence-corrected chi connectivity index (χ1v) is 10.6. The van der Waals surface area contributed by atoms with E-state index >= 15 is 0 Å². The van der Waals surface area contributed by atoms with E-state index in [-0.39, 0.29) is 24.9 Å². The molecule has 1 heterocycles. The van der Waals surface area contributed by atoms with Crippen LogP contribution in [-0.2, 0) is 17.9 Å². The van der Waals surface area contributed by atoms with Crippen LogP contribution in [0.3, 0.4) is 0 Å². The highest BCUT2D eigenvalue weighted by Gasteiger charge is 2.16. The van der Waals surface area contributed by atoms with Crippen LogP contribution in [-0.4, -0.2) is 21.4 Å². The van der Waals surface area contributed by atoms with Gasteiger partial charge in [0.15, 0.2) is 0 Å². The monoisotopic (exact) mass is 426 g/mol. The predicted molar refractivity (Wildman–Crippen MR) is 127 cm³/mol. The summed E-state index contributed by atoms with van der Waals surface area (Å²) in [5, 5.41) is 5.93. The van der Waals surface area contributed by atoms with Gasteiger partial charge < -0.3 is 15.2 Å². The normalized spacial score (nSPS) is 10.8. The van der Waals surface area contributed by atoms with Crippen LogP contribution >= 0.6 is 0 Å². The molecule has 4 aromatic rings. The van der Waals surface area contributed by atoms with Crippen molar-refractivity contribution in [2.45, 2.75) is 33.9 Å². The van der Waals surface area contributed by atoms with E-state index in [1.807, 2.05) is 86.0 Å². The molecule has 162 valence electrons. The average Bonchev–Trinajstić information content (AvgIpc) is 3.11. The number of aromatic nitrogens is 2. The zero-order valence-electron chi connectivity index (χ0n) is 18.5. The van der Waals surface area contributed by atoms with Crippen molar-refractivity contribution in [1.29, 1.82) is 0 Å². The minimum absolute atomic E-state index is 0.101. The Morgan fingerprint density at radius 3 is 2.44 bits per heavy atom. The lowest BCUT2D eigenvalue weighted by atomic mass is 10.1. The molecule has 0 atom stereocenters. The number of para-hydroxylation sites is 2. The highest BCUT2D eigenvalue weighted by molar-refractivity contribution is 5.95. The molecule has 0 aliphatic heterocycles. The number of imidazole rings is 1. The Morgan fingerprint density at radius 2 is 1.66 bits per heavy atom. The molecule has 0 aliphatic carbocycles. The van der Waals surface area contributed by atoms with E-state index in [9.17, 15) is 9.59 Å². The maximum atomic E-state index is 12.9. The summed E-state index contributed by atoms with van der Waals surface area (Å²) in [4.78, 5) is 30.2. The largest absolute Gasteiger partial charge is 0.345 e. The van der Waals surface area contributed by atoms with Crippen molar-refractivity contribution in [2.75, 3.05) is 5.32 Å². The van der Waals surface area contributed by atoms with Crippen LogP contribution in [0.5, 0.6) is 0 Å². The number of nitrogens with one attached hydrogen (secondary N) is 2. The van der Waals surface area contributed by atoms with Gasteiger partial charge in [0.1, 0.15) is 12.4 Å². The van der Waals surface area contributed by atoms with Gasteiger partial charge in [-0.2, -0.15) is 0 Å². The highest BCUT2D eigenvalue weighted by Crippen LogP contribution is 2.19. The lowest BCUT2D eigenvalue weighted by Gasteiger charge is -2.13. The maximum Gasteiger partial charge on any atom is 0.251 e. The summed E-state index contributed by atoms with van der Waals surface area (Å²) in [6, 6.07) is 21.0. The van der Waals surface area contributed by atoms with Crippen LogP contribution in [0.1, 0.15) is 32.9 Å². The molecule has 0 fully saturated rings. The van der Waals surface area contributed by atoms with Gasteiger partial charge in [0, 0.05) is 11.3 Å². The van der Waals surface area contributed by atoms with Gasteiger partial charge in [-0.05, 0) is 56.2 Å². The van der Waals surface area contributed by atoms with Gasteiger partial charge >= 0.3 is 0 Å². The summed E-state index contributed by atoms with van der Waals surface area (Å²) in [7, 11) is 0. The Labute approximate surface area is 187 Å². The number of rotatable bonds is 6. The lowest BCUT2D eigenvalue weighted by molar-refractivity contribution is -0.116. The Bertz CT molecular complexity index is 1310. The number of amides is 2. The molecule has 1 aromatic heterocycles. The molecule has 4 rings (SSSR count). The van der Waals surface area contributed by atoms with Crippen LogP contribution in [0.2, 0.25) is 0 Å². The van der Waals surface area contributed by atoms with Gasteiger partial charge in [-0.1, -0.05) is 48.0 Å². The number of nitrogens with zero attached hydrogens (tertiary/aromatic N) is 2. The molecule has 0 spiro atoms. The zero-order chi connectivity index (χ0) is 22.7. The molecule has 0 unspecified atom stereocenters. The second kappa shape index (κ2) is 9.06. The summed E-state index contributed by atoms with van der Waals surface area (Å²) >= 11 is 0. The molecule has 32 heavy (non-hydrogen) atoms. The van der Waals surface area contributed by atoms with Crippen LogP contribution in [0, 0.1) is 20.8 Å². The van der Waals surface area contributed by atoms with Crippen molar-refractivity contribution in [3.8, 4) is 0 Å². The molecule has 0 saturated heterocycles. The summed E-state index contributed by atoms with van der Waals surface area (Å²) in [5.74, 6) is 0.317. The van der Waals surface area contributed by atoms with Gasteiger partial charge in [-0.25, -0.2) is 4.98 Å². The minimum atomic E-state index is -0.165. The van der Waals surface area contributed by atoms with Crippen molar-refractivity contribution in [3.63, 3.8) is 0 Å². The third kappa shape index (κ3) is 4.54. The van der Waals surface area contributed by atoms with E-state index < -0.39 is 0 Å². The van der Waals surface area contributed by atoms with E-state index in [4.69, 9.17) is 0 Å². The number of hydrogen-bond acceptors (Lipinski definition) is 3. The standard InChI is InChI=1S/C26H26N4O2/c1-17-12-13-21(19(3)14-17)29-25(31)16-30-23-11-7-6-10-22(23)28-24(30)15-27-26(32)20-9-5-4-8-18(20)2/h4-14H,15-16H2,1-3H3,(H,27,32)(H,29,31). The predicted octanol–water partition coefficient (Wildman–Crippen LogP) is 4.53. The molecule has 6 nitrogen and oxygen atoms in total. The van der Waals surface area contributed by atoms with Crippen molar-refractivity contribution in [3.05, 3.63) is 94.8 Å². The van der Waals surface area contributed by atoms with Crippen molar-refractivity contribution in [1.82, 2.24) is 14.9 Å². The molecule has 2 N–H and O–H groups in total. The smallest absolute Gasteiger partial charge is 0.251 e. The summed E-state index contributed by atoms with van der Waals surface area (Å²) < 4.78 is 1.85. The summed E-state index contributed by atoms with van der Waals surface area (Å²) in [6.45, 7) is 6.22. The third-order valence-corrected chi connectivity index (χ3v) is 5.49. The molecule has 0 bridgehead atoms. The summed E-state index contributed by atoms with van der Waals surface area (Å²) in [6.07, 6.45) is 0. The maximum absolute atomic E-state index is 12.9. The molecule has 2 amide bonds. The van der Waals surface area contributed by atoms with Crippen molar-refractivity contribution in [2.24, 2.45) is 0 Å². The average molecular weight is 427 g/mol. The van der Waals surface area contributed by atoms with Crippen LogP contribution in [0.4, 0.5) is 5.69 Å². The zero-order valence-corrected chi connectivity index (χ0v) is 18.5. The van der Waals surface area contributed by atoms with E-state index in [1.165, 1.54) is 0 Å². The van der Waals surface area contributed by atoms with Gasteiger partial charge in [0.25, 0.3) is 5.91 Å². The first-order chi connectivity index (χ1) is 15.4. The van der Waals surface area contributed by atoms with Crippen molar-refractivity contribution >= 4 is 28.5 Å². The number of aryl methyl sites for hydroxylation is 3. The first kappa shape index (κ1) is 21.3. The number of carbonyl (C=O) groups excluding carboxylic acids is 2. The minimum Gasteiger partial charge on any atom is -0.345 e. The van der Waals surface area contributed by atoms with Gasteiger partial charge in [0.2, 0.25) is 5.91 Å². The van der Waals surface area contributed by atoms with E-state index in [0.29, 0.717) is 11.4 Å². The number of hydrogen-bond donors (Lipinski definition) is 2. The van der Waals surface area contributed by atoms with E-state index in [2.05, 4.69) is 15.6 Å². The quantitative estimate of drug-likeness (QED) is 0.476. The fraction of sp³-hybridized carbons (Fsp3) is 0.192. The van der Waals surface area contributed by atoms with Crippen LogP contribution < -0.4 is 10.6 Å². The number of benzene rings is 3. The van der Waals surface area contributed by atoms with Crippen molar-refractivity contribution < 1.29 is 9.59 Å². The SMILES string of the molecule is Cc1ccc(NC(=O)Cn2c(CNC(=O)c3ccccc3C)nc3ccccc32)c(C)c1. The highest BCUT2D eigenvalue weighted by atomic mass is 16.2. The lowest BCUT2D eigenvalue weighted by Crippen LogP contribution is -2.27. The Balaban J connectivity index is 1.55. The molecule has 0 saturated carbocycles. The fourth-order valence-corrected chi connectivity index (χ4v) is 3.81. The second-order valence-electron chi connectivity index (χ2n) is 7.97. The van der Waals surface area contributed by atoms with Gasteiger partial charge in [-0.15, -0.1) is 0 Å². The van der Waals surface area contributed by atoms with Gasteiger partial charge in [-0.3, -0.25) is 9.59 Å². The van der Waals surface area contributed by atoms with E-state index in [0.717, 1.165) is 33.4 Å². The summed E-state index contributed by atoms with van der Waals surface area (Å²) in [5.41, 5.74) is 6.12. The Kier molecular flexibility index (Phi) is 6.03. The molecular formula is C26H26N4O2.